The van der Waals surface area contributed by atoms with Crippen molar-refractivity contribution in [1.82, 2.24) is 19.9 Å². The molecule has 0 saturated carbocycles. The van der Waals surface area contributed by atoms with Crippen LogP contribution in [-0.4, -0.2) is 51.6 Å². The van der Waals surface area contributed by atoms with Gasteiger partial charge in [-0.25, -0.2) is 9.07 Å². The van der Waals surface area contributed by atoms with Gasteiger partial charge in [0.15, 0.2) is 5.69 Å². The molecule has 2 heterocycles. The molecule has 1 aliphatic rings. The maximum Gasteiger partial charge on any atom is 0.276 e. The topological polar surface area (TPSA) is 60.2 Å². The third kappa shape index (κ3) is 3.10. The average Bonchev–Trinajstić information content (AvgIpc) is 2.96. The number of rotatable bonds is 3. The summed E-state index contributed by atoms with van der Waals surface area (Å²) in [5.74, 6) is -0.459. The fraction of sp³-hybridized carbons (Fsp3) is 0.438. The molecule has 122 valence electrons. The Bertz CT molecular complexity index is 699. The zero-order chi connectivity index (χ0) is 16.4. The van der Waals surface area contributed by atoms with Gasteiger partial charge in [-0.15, -0.1) is 5.10 Å². The van der Waals surface area contributed by atoms with Crippen LogP contribution in [0.25, 0.3) is 5.69 Å². The summed E-state index contributed by atoms with van der Waals surface area (Å²) < 4.78 is 20.2. The molecule has 0 unspecified atom stereocenters. The van der Waals surface area contributed by atoms with Gasteiger partial charge in [-0.1, -0.05) is 12.1 Å². The van der Waals surface area contributed by atoms with Gasteiger partial charge in [-0.2, -0.15) is 0 Å². The molecule has 0 radical (unpaired) electrons. The van der Waals surface area contributed by atoms with Crippen molar-refractivity contribution in [2.75, 3.05) is 19.7 Å². The Hall–Kier alpha value is -2.28. The van der Waals surface area contributed by atoms with E-state index in [4.69, 9.17) is 4.74 Å². The molecule has 0 aliphatic carbocycles. The predicted molar refractivity (Wildman–Crippen MR) is 82.0 cm³/mol. The highest BCUT2D eigenvalue weighted by Gasteiger charge is 2.27. The molecule has 3 rings (SSSR count). The molecule has 2 aromatic rings. The first-order valence-electron chi connectivity index (χ1n) is 7.69. The SMILES string of the molecule is CC[C@H]1CN(C(=O)c2nnn(-c3ccc(F)cc3)c2C)CCO1. The van der Waals surface area contributed by atoms with Crippen molar-refractivity contribution in [3.05, 3.63) is 41.5 Å². The number of amides is 1. The van der Waals surface area contributed by atoms with Crippen molar-refractivity contribution in [2.45, 2.75) is 26.4 Å². The fourth-order valence-corrected chi connectivity index (χ4v) is 2.65. The molecule has 7 heteroatoms. The Morgan fingerprint density at radius 2 is 2.13 bits per heavy atom. The number of halogens is 1. The van der Waals surface area contributed by atoms with Crippen LogP contribution in [0.2, 0.25) is 0 Å². The summed E-state index contributed by atoms with van der Waals surface area (Å²) in [6, 6.07) is 5.91. The number of aromatic nitrogens is 3. The molecule has 1 aromatic carbocycles. The molecule has 1 amide bonds. The highest BCUT2D eigenvalue weighted by Crippen LogP contribution is 2.16. The molecule has 1 saturated heterocycles. The molecule has 6 nitrogen and oxygen atoms in total. The van der Waals surface area contributed by atoms with Gasteiger partial charge in [-0.3, -0.25) is 4.79 Å². The first kappa shape index (κ1) is 15.6. The third-order valence-corrected chi connectivity index (χ3v) is 4.05. The monoisotopic (exact) mass is 318 g/mol. The molecule has 1 aliphatic heterocycles. The minimum absolute atomic E-state index is 0.0696. The molecule has 1 atom stereocenters. The van der Waals surface area contributed by atoms with Crippen LogP contribution < -0.4 is 0 Å². The maximum absolute atomic E-state index is 13.0. The lowest BCUT2D eigenvalue weighted by Crippen LogP contribution is -2.45. The minimum Gasteiger partial charge on any atom is -0.375 e. The number of carbonyl (C=O) groups excluding carboxylic acids is 1. The van der Waals surface area contributed by atoms with Crippen LogP contribution in [0.4, 0.5) is 4.39 Å². The van der Waals surface area contributed by atoms with Crippen LogP contribution in [0.15, 0.2) is 24.3 Å². The average molecular weight is 318 g/mol. The summed E-state index contributed by atoms with van der Waals surface area (Å²) in [6.07, 6.45) is 0.936. The molecule has 1 aromatic heterocycles. The van der Waals surface area contributed by atoms with Crippen molar-refractivity contribution >= 4 is 5.91 Å². The van der Waals surface area contributed by atoms with Gasteiger partial charge in [0, 0.05) is 13.1 Å². The minimum atomic E-state index is -0.318. The number of hydrogen-bond acceptors (Lipinski definition) is 4. The van der Waals surface area contributed by atoms with Crippen molar-refractivity contribution in [2.24, 2.45) is 0 Å². The van der Waals surface area contributed by atoms with E-state index in [-0.39, 0.29) is 17.8 Å². The second-order valence-corrected chi connectivity index (χ2v) is 5.56. The second-order valence-electron chi connectivity index (χ2n) is 5.56. The van der Waals surface area contributed by atoms with Gasteiger partial charge in [0.25, 0.3) is 5.91 Å². The molecule has 1 fully saturated rings. The normalized spacial score (nSPS) is 18.2. The van der Waals surface area contributed by atoms with E-state index in [0.29, 0.717) is 36.8 Å². The first-order chi connectivity index (χ1) is 11.1. The van der Waals surface area contributed by atoms with E-state index in [1.165, 1.54) is 12.1 Å². The number of morpholine rings is 1. The number of carbonyl (C=O) groups is 1. The summed E-state index contributed by atoms with van der Waals surface area (Å²) in [7, 11) is 0. The van der Waals surface area contributed by atoms with E-state index in [2.05, 4.69) is 10.3 Å². The van der Waals surface area contributed by atoms with Crippen LogP contribution in [0.1, 0.15) is 29.5 Å². The summed E-state index contributed by atoms with van der Waals surface area (Å²) in [5.41, 5.74) is 1.64. The van der Waals surface area contributed by atoms with Gasteiger partial charge in [-0.05, 0) is 37.6 Å². The molecule has 0 spiro atoms. The summed E-state index contributed by atoms with van der Waals surface area (Å²) in [4.78, 5) is 14.4. The largest absolute Gasteiger partial charge is 0.375 e. The van der Waals surface area contributed by atoms with E-state index in [1.54, 1.807) is 28.6 Å². The molecule has 0 N–H and O–H groups in total. The number of nitrogens with zero attached hydrogens (tertiary/aromatic N) is 4. The zero-order valence-electron chi connectivity index (χ0n) is 13.2. The van der Waals surface area contributed by atoms with Crippen LogP contribution in [0.5, 0.6) is 0 Å². The van der Waals surface area contributed by atoms with Crippen LogP contribution in [0.3, 0.4) is 0 Å². The Balaban J connectivity index is 1.83. The lowest BCUT2D eigenvalue weighted by molar-refractivity contribution is -0.0228. The van der Waals surface area contributed by atoms with E-state index in [9.17, 15) is 9.18 Å². The first-order valence-corrected chi connectivity index (χ1v) is 7.69. The Morgan fingerprint density at radius 1 is 1.39 bits per heavy atom. The standard InChI is InChI=1S/C16H19FN4O2/c1-3-14-10-20(8-9-23-14)16(22)15-11(2)21(19-18-15)13-6-4-12(17)5-7-13/h4-7,14H,3,8-10H2,1-2H3/t14-/m0/s1. The third-order valence-electron chi connectivity index (χ3n) is 4.05. The van der Waals surface area contributed by atoms with E-state index < -0.39 is 0 Å². The molecular formula is C16H19FN4O2. The predicted octanol–water partition coefficient (Wildman–Crippen LogP) is 1.97. The summed E-state index contributed by atoms with van der Waals surface area (Å²) in [5, 5.41) is 8.06. The van der Waals surface area contributed by atoms with Crippen molar-refractivity contribution in [1.29, 1.82) is 0 Å². The highest BCUT2D eigenvalue weighted by molar-refractivity contribution is 5.93. The number of benzene rings is 1. The molecule has 23 heavy (non-hydrogen) atoms. The van der Waals surface area contributed by atoms with E-state index >= 15 is 0 Å². The maximum atomic E-state index is 13.0. The van der Waals surface area contributed by atoms with Crippen LogP contribution in [0, 0.1) is 12.7 Å². The lowest BCUT2D eigenvalue weighted by atomic mass is 10.2. The number of ether oxygens (including phenoxy) is 1. The van der Waals surface area contributed by atoms with Gasteiger partial charge >= 0.3 is 0 Å². The van der Waals surface area contributed by atoms with Gasteiger partial charge < -0.3 is 9.64 Å². The van der Waals surface area contributed by atoms with Crippen LogP contribution >= 0.6 is 0 Å². The Labute approximate surface area is 133 Å². The van der Waals surface area contributed by atoms with Gasteiger partial charge in [0.2, 0.25) is 0 Å². The van der Waals surface area contributed by atoms with Gasteiger partial charge in [0.05, 0.1) is 24.1 Å². The van der Waals surface area contributed by atoms with Crippen molar-refractivity contribution < 1.29 is 13.9 Å². The fourth-order valence-electron chi connectivity index (χ4n) is 2.65. The van der Waals surface area contributed by atoms with E-state index in [1.807, 2.05) is 6.92 Å². The number of hydrogen-bond donors (Lipinski definition) is 0. The summed E-state index contributed by atoms with van der Waals surface area (Å²) in [6.45, 7) is 5.48. The quantitative estimate of drug-likeness (QED) is 0.868. The lowest BCUT2D eigenvalue weighted by Gasteiger charge is -2.32. The van der Waals surface area contributed by atoms with E-state index in [0.717, 1.165) is 6.42 Å². The zero-order valence-corrected chi connectivity index (χ0v) is 13.2. The summed E-state index contributed by atoms with van der Waals surface area (Å²) >= 11 is 0. The molecular weight excluding hydrogens is 299 g/mol. The Morgan fingerprint density at radius 3 is 2.83 bits per heavy atom. The second kappa shape index (κ2) is 6.45. The van der Waals surface area contributed by atoms with Crippen LogP contribution in [-0.2, 0) is 4.74 Å². The van der Waals surface area contributed by atoms with Gasteiger partial charge in [0.1, 0.15) is 5.82 Å². The Kier molecular flexibility index (Phi) is 4.38. The van der Waals surface area contributed by atoms with Crippen molar-refractivity contribution in [3.63, 3.8) is 0 Å². The highest BCUT2D eigenvalue weighted by atomic mass is 19.1. The smallest absolute Gasteiger partial charge is 0.276 e. The van der Waals surface area contributed by atoms with Crippen molar-refractivity contribution in [3.8, 4) is 5.69 Å². The molecule has 0 bridgehead atoms.